The van der Waals surface area contributed by atoms with Crippen molar-refractivity contribution >= 4 is 17.7 Å². The topological polar surface area (TPSA) is 200 Å². The fourth-order valence-corrected chi connectivity index (χ4v) is 4.91. The van der Waals surface area contributed by atoms with Crippen LogP contribution in [0.5, 0.6) is 11.5 Å². The number of nitrogens with one attached hydrogen (secondary N) is 3. The van der Waals surface area contributed by atoms with E-state index in [2.05, 4.69) is 16.0 Å². The normalized spacial score (nSPS) is 20.7. The molecule has 0 aliphatic carbocycles. The zero-order chi connectivity index (χ0) is 30.4. The molecule has 0 fully saturated rings. The van der Waals surface area contributed by atoms with Crippen LogP contribution in [-0.2, 0) is 27.2 Å². The number of aliphatic hydroxyl groups excluding tert-OH is 1. The number of hydrogen-bond acceptors (Lipinski definition) is 8. The fourth-order valence-electron chi connectivity index (χ4n) is 4.91. The highest BCUT2D eigenvalue weighted by Gasteiger charge is 2.31. The summed E-state index contributed by atoms with van der Waals surface area (Å²) in [6.45, 7) is 1.65. The van der Waals surface area contributed by atoms with Crippen molar-refractivity contribution in [3.63, 3.8) is 0 Å². The Morgan fingerprint density at radius 3 is 2.12 bits per heavy atom. The summed E-state index contributed by atoms with van der Waals surface area (Å²) >= 11 is 0. The average Bonchev–Trinajstić information content (AvgIpc) is 2.98. The summed E-state index contributed by atoms with van der Waals surface area (Å²) in [4.78, 5) is 40.2. The molecule has 0 spiro atoms. The van der Waals surface area contributed by atoms with E-state index in [0.29, 0.717) is 22.3 Å². The third-order valence-electron chi connectivity index (χ3n) is 7.40. The lowest BCUT2D eigenvalue weighted by Gasteiger charge is -2.26. The van der Waals surface area contributed by atoms with Crippen LogP contribution in [0.15, 0.2) is 66.7 Å². The van der Waals surface area contributed by atoms with E-state index in [9.17, 15) is 29.7 Å². The predicted octanol–water partition coefficient (Wildman–Crippen LogP) is 0.747. The van der Waals surface area contributed by atoms with Gasteiger partial charge >= 0.3 is 0 Å². The Kier molecular flexibility index (Phi) is 9.79. The number of phenolic OH excluding ortho intramolecular Hbond substituents is 2. The second-order valence-electron chi connectivity index (χ2n) is 10.6. The number of hydrogen-bond donors (Lipinski definition) is 8. The molecule has 11 heteroatoms. The maximum absolute atomic E-state index is 13.6. The van der Waals surface area contributed by atoms with Crippen LogP contribution >= 0.6 is 0 Å². The Bertz CT molecular complexity index is 1430. The second kappa shape index (κ2) is 13.5. The van der Waals surface area contributed by atoms with Gasteiger partial charge in [-0.2, -0.15) is 0 Å². The van der Waals surface area contributed by atoms with Crippen LogP contribution in [0.2, 0.25) is 0 Å². The van der Waals surface area contributed by atoms with Crippen LogP contribution in [0.25, 0.3) is 11.1 Å². The van der Waals surface area contributed by atoms with Crippen LogP contribution in [-0.4, -0.2) is 63.8 Å². The highest BCUT2D eigenvalue weighted by molar-refractivity contribution is 5.93. The van der Waals surface area contributed by atoms with Crippen LogP contribution in [0.4, 0.5) is 0 Å². The van der Waals surface area contributed by atoms with Gasteiger partial charge in [-0.25, -0.2) is 0 Å². The lowest BCUT2D eigenvalue weighted by atomic mass is 9.95. The molecular weight excluding hydrogens is 538 g/mol. The molecule has 4 rings (SSSR count). The summed E-state index contributed by atoms with van der Waals surface area (Å²) in [7, 11) is 0. The minimum atomic E-state index is -1.27. The quantitative estimate of drug-likeness (QED) is 0.210. The monoisotopic (exact) mass is 575 g/mol. The van der Waals surface area contributed by atoms with Gasteiger partial charge in [0.2, 0.25) is 17.7 Å². The molecule has 42 heavy (non-hydrogen) atoms. The molecule has 10 N–H and O–H groups in total. The Balaban J connectivity index is 1.75. The molecule has 222 valence electrons. The molecule has 5 atom stereocenters. The maximum atomic E-state index is 13.6. The van der Waals surface area contributed by atoms with E-state index in [1.165, 1.54) is 12.1 Å². The first-order chi connectivity index (χ1) is 20.0. The fraction of sp³-hybridized carbons (Fsp3) is 0.323. The van der Waals surface area contributed by atoms with E-state index < -0.39 is 48.0 Å². The van der Waals surface area contributed by atoms with Gasteiger partial charge in [0.05, 0.1) is 18.2 Å². The van der Waals surface area contributed by atoms with Gasteiger partial charge < -0.3 is 42.7 Å². The van der Waals surface area contributed by atoms with Crippen molar-refractivity contribution in [3.8, 4) is 22.6 Å². The van der Waals surface area contributed by atoms with Gasteiger partial charge in [0, 0.05) is 25.8 Å². The number of aromatic hydroxyl groups is 2. The molecule has 0 saturated heterocycles. The number of amides is 3. The van der Waals surface area contributed by atoms with Crippen molar-refractivity contribution in [1.82, 2.24) is 16.0 Å². The first-order valence-electron chi connectivity index (χ1n) is 13.8. The highest BCUT2D eigenvalue weighted by atomic mass is 16.3. The standard InChI is InChI=1S/C31H37N5O6/c1-17(18-5-3-2-4-6-18)34-30(41)25-14-22-12-20(8-10-28(22)39)19-7-9-27(38)21(11-19)13-24(33)29(40)35-26(31(42)36-25)15-23(37)16-32/h2-12,17,23-26,37-39H,13-16,32-33H2,1H3,(H,34,41)(H,35,40)(H,36,42)/t17?,23-,24+,25+,26+/m1/s1. The molecule has 0 saturated carbocycles. The third-order valence-corrected chi connectivity index (χ3v) is 7.40. The van der Waals surface area contributed by atoms with Crippen molar-refractivity contribution in [1.29, 1.82) is 0 Å². The van der Waals surface area contributed by atoms with E-state index in [1.807, 2.05) is 37.3 Å². The number of aliphatic hydroxyl groups is 1. The highest BCUT2D eigenvalue weighted by Crippen LogP contribution is 2.31. The summed E-state index contributed by atoms with van der Waals surface area (Å²) in [5, 5.41) is 39.6. The zero-order valence-electron chi connectivity index (χ0n) is 23.3. The molecule has 1 aliphatic heterocycles. The molecule has 4 bridgehead atoms. The van der Waals surface area contributed by atoms with Gasteiger partial charge in [-0.05, 0) is 59.0 Å². The smallest absolute Gasteiger partial charge is 0.243 e. The van der Waals surface area contributed by atoms with Crippen molar-refractivity contribution in [2.45, 2.75) is 56.5 Å². The molecule has 3 aromatic carbocycles. The van der Waals surface area contributed by atoms with Crippen molar-refractivity contribution in [2.75, 3.05) is 6.54 Å². The van der Waals surface area contributed by atoms with Gasteiger partial charge in [-0.3, -0.25) is 14.4 Å². The van der Waals surface area contributed by atoms with Crippen LogP contribution in [0, 0.1) is 0 Å². The van der Waals surface area contributed by atoms with E-state index in [4.69, 9.17) is 11.5 Å². The first-order valence-corrected chi connectivity index (χ1v) is 13.8. The van der Waals surface area contributed by atoms with E-state index in [1.54, 1.807) is 24.3 Å². The molecule has 1 aliphatic rings. The molecule has 0 radical (unpaired) electrons. The lowest BCUT2D eigenvalue weighted by molar-refractivity contribution is -0.133. The van der Waals surface area contributed by atoms with Gasteiger partial charge in [0.1, 0.15) is 23.6 Å². The largest absolute Gasteiger partial charge is 0.508 e. The number of rotatable bonds is 6. The summed E-state index contributed by atoms with van der Waals surface area (Å²) in [6, 6.07) is 15.1. The van der Waals surface area contributed by atoms with Crippen LogP contribution in [0.1, 0.15) is 36.1 Å². The number of nitrogens with two attached hydrogens (primary N) is 2. The molecule has 11 nitrogen and oxygen atoms in total. The van der Waals surface area contributed by atoms with Gasteiger partial charge in [0.15, 0.2) is 0 Å². The van der Waals surface area contributed by atoms with Crippen LogP contribution < -0.4 is 27.4 Å². The second-order valence-corrected chi connectivity index (χ2v) is 10.6. The summed E-state index contributed by atoms with van der Waals surface area (Å²) in [5.41, 5.74) is 14.8. The minimum Gasteiger partial charge on any atom is -0.508 e. The van der Waals surface area contributed by atoms with Crippen molar-refractivity contribution in [3.05, 3.63) is 83.4 Å². The van der Waals surface area contributed by atoms with Crippen molar-refractivity contribution < 1.29 is 29.7 Å². The number of carbonyl (C=O) groups is 3. The van der Waals surface area contributed by atoms with E-state index >= 15 is 0 Å². The minimum absolute atomic E-state index is 0.0351. The Morgan fingerprint density at radius 2 is 1.52 bits per heavy atom. The third kappa shape index (κ3) is 7.43. The van der Waals surface area contributed by atoms with Gasteiger partial charge in [0.25, 0.3) is 0 Å². The molecule has 3 aromatic rings. The number of carbonyl (C=O) groups excluding carboxylic acids is 3. The SMILES string of the molecule is CC(NC(=O)[C@@H]1Cc2cc(ccc2O)-c2ccc(O)c(c2)C[C@H](N)C(=O)N[C@@H](C[C@@H](O)CN)C(=O)N1)c1ccccc1. The molecule has 0 aromatic heterocycles. The lowest BCUT2D eigenvalue weighted by Crippen LogP contribution is -2.57. The summed E-state index contributed by atoms with van der Waals surface area (Å²) < 4.78 is 0. The Labute approximate surface area is 243 Å². The van der Waals surface area contributed by atoms with Crippen molar-refractivity contribution in [2.24, 2.45) is 11.5 Å². The summed E-state index contributed by atoms with van der Waals surface area (Å²) in [6.07, 6.45) is -1.46. The number of fused-ring (bicyclic) bond motifs is 5. The number of phenols is 2. The van der Waals surface area contributed by atoms with Gasteiger partial charge in [-0.15, -0.1) is 0 Å². The first kappa shape index (κ1) is 30.5. The van der Waals surface area contributed by atoms with Crippen LogP contribution in [0.3, 0.4) is 0 Å². The summed E-state index contributed by atoms with van der Waals surface area (Å²) in [5.74, 6) is -2.06. The average molecular weight is 576 g/mol. The van der Waals surface area contributed by atoms with Gasteiger partial charge in [-0.1, -0.05) is 42.5 Å². The Morgan fingerprint density at radius 1 is 0.929 bits per heavy atom. The molecule has 1 unspecified atom stereocenters. The number of benzene rings is 3. The van der Waals surface area contributed by atoms with E-state index in [-0.39, 0.29) is 37.3 Å². The molecule has 3 amide bonds. The molecule has 1 heterocycles. The molecular formula is C31H37N5O6. The zero-order valence-corrected chi connectivity index (χ0v) is 23.3. The predicted molar refractivity (Wildman–Crippen MR) is 157 cm³/mol. The van der Waals surface area contributed by atoms with E-state index in [0.717, 1.165) is 5.56 Å². The maximum Gasteiger partial charge on any atom is 0.243 e. The Hall–Kier alpha value is -4.45.